The van der Waals surface area contributed by atoms with Crippen molar-refractivity contribution in [1.29, 1.82) is 0 Å². The summed E-state index contributed by atoms with van der Waals surface area (Å²) < 4.78 is 22.9. The maximum Gasteiger partial charge on any atom is 0.270 e. The van der Waals surface area contributed by atoms with E-state index in [-0.39, 0.29) is 17.4 Å². The van der Waals surface area contributed by atoms with Crippen molar-refractivity contribution in [3.8, 4) is 11.5 Å². The summed E-state index contributed by atoms with van der Waals surface area (Å²) in [6.07, 6.45) is 1.99. The van der Waals surface area contributed by atoms with Crippen LogP contribution in [0.4, 0.5) is 0 Å². The minimum Gasteiger partial charge on any atom is -0.493 e. The van der Waals surface area contributed by atoms with Crippen LogP contribution in [0, 0.1) is 12.3 Å². The van der Waals surface area contributed by atoms with Gasteiger partial charge in [0, 0.05) is 41.0 Å². The molecule has 1 unspecified atom stereocenters. The van der Waals surface area contributed by atoms with Crippen LogP contribution < -0.4 is 9.47 Å². The van der Waals surface area contributed by atoms with Crippen LogP contribution in [0.1, 0.15) is 41.4 Å². The number of ether oxygens (including phenoxy) is 4. The van der Waals surface area contributed by atoms with Gasteiger partial charge in [-0.25, -0.2) is 0 Å². The predicted molar refractivity (Wildman–Crippen MR) is 139 cm³/mol. The molecule has 5 rings (SSSR count). The molecule has 0 radical (unpaired) electrons. The molecule has 2 fully saturated rings. The average Bonchev–Trinajstić information content (AvgIpc) is 3.48. The number of H-pyrrole nitrogens is 1. The van der Waals surface area contributed by atoms with E-state index in [4.69, 9.17) is 30.5 Å². The molecule has 0 saturated carbocycles. The normalized spacial score (nSPS) is 18.7. The molecule has 2 aliphatic rings. The van der Waals surface area contributed by atoms with Crippen LogP contribution in [0.5, 0.6) is 11.5 Å². The number of aromatic amines is 1. The molecule has 1 atom stereocenters. The number of hydrogen-bond acceptors (Lipinski definition) is 5. The summed E-state index contributed by atoms with van der Waals surface area (Å²) in [5.74, 6) is 1.28. The minimum absolute atomic E-state index is 0.0128. The van der Waals surface area contributed by atoms with Crippen LogP contribution in [-0.2, 0) is 16.0 Å². The Morgan fingerprint density at radius 2 is 2.06 bits per heavy atom. The highest BCUT2D eigenvalue weighted by molar-refractivity contribution is 6.31. The van der Waals surface area contributed by atoms with E-state index in [0.717, 1.165) is 41.5 Å². The fraction of sp³-hybridized carbons (Fsp3) is 0.464. The molecule has 0 aliphatic carbocycles. The van der Waals surface area contributed by atoms with Crippen LogP contribution >= 0.6 is 11.6 Å². The first-order chi connectivity index (χ1) is 17.3. The third-order valence-corrected chi connectivity index (χ3v) is 7.28. The fourth-order valence-corrected chi connectivity index (χ4v) is 5.03. The van der Waals surface area contributed by atoms with Gasteiger partial charge in [0.05, 0.1) is 33.0 Å². The summed E-state index contributed by atoms with van der Waals surface area (Å²) in [5, 5.41) is 1.60. The molecular weight excluding hydrogens is 480 g/mol. The lowest BCUT2D eigenvalue weighted by Crippen LogP contribution is -2.44. The summed E-state index contributed by atoms with van der Waals surface area (Å²) in [7, 11) is 1.63. The topological polar surface area (TPSA) is 73.0 Å². The lowest BCUT2D eigenvalue weighted by Gasteiger charge is -2.37. The van der Waals surface area contributed by atoms with Gasteiger partial charge in [-0.1, -0.05) is 24.6 Å². The van der Waals surface area contributed by atoms with Crippen molar-refractivity contribution in [1.82, 2.24) is 9.88 Å². The molecule has 1 aromatic heterocycles. The van der Waals surface area contributed by atoms with Crippen molar-refractivity contribution in [3.63, 3.8) is 0 Å². The Bertz CT molecular complexity index is 1250. The number of methoxy groups -OCH3 is 1. The first-order valence-corrected chi connectivity index (χ1v) is 12.8. The number of carbonyl (C=O) groups excluding carboxylic acids is 1. The summed E-state index contributed by atoms with van der Waals surface area (Å²) in [5.41, 5.74) is 3.34. The van der Waals surface area contributed by atoms with E-state index in [1.54, 1.807) is 7.11 Å². The number of aryl methyl sites for hydroxylation is 1. The Hall–Kier alpha value is -2.74. The Morgan fingerprint density at radius 1 is 1.22 bits per heavy atom. The van der Waals surface area contributed by atoms with Gasteiger partial charge >= 0.3 is 0 Å². The number of aromatic nitrogens is 1. The molecule has 0 bridgehead atoms. The van der Waals surface area contributed by atoms with Crippen molar-refractivity contribution in [2.75, 3.05) is 40.1 Å². The van der Waals surface area contributed by atoms with E-state index in [9.17, 15) is 4.79 Å². The van der Waals surface area contributed by atoms with Gasteiger partial charge in [0.15, 0.2) is 11.5 Å². The SMILES string of the molecule is COc1ccc(CN(CC2CCCO2)C(=O)c2[nH]c3ccc(Cl)cc3c2C)cc1OCC1(C)COC1. The smallest absolute Gasteiger partial charge is 0.270 e. The third-order valence-electron chi connectivity index (χ3n) is 7.05. The highest BCUT2D eigenvalue weighted by atomic mass is 35.5. The van der Waals surface area contributed by atoms with Crippen molar-refractivity contribution < 1.29 is 23.7 Å². The summed E-state index contributed by atoms with van der Waals surface area (Å²) in [6, 6.07) is 11.5. The molecule has 8 heteroatoms. The Balaban J connectivity index is 1.41. The molecule has 0 spiro atoms. The number of carbonyl (C=O) groups is 1. The average molecular weight is 513 g/mol. The second-order valence-corrected chi connectivity index (χ2v) is 10.6. The Labute approximate surface area is 216 Å². The van der Waals surface area contributed by atoms with E-state index in [1.165, 1.54) is 0 Å². The number of benzene rings is 2. The first kappa shape index (κ1) is 24.9. The van der Waals surface area contributed by atoms with Gasteiger partial charge < -0.3 is 28.8 Å². The lowest BCUT2D eigenvalue weighted by molar-refractivity contribution is -0.120. The number of rotatable bonds is 9. The van der Waals surface area contributed by atoms with Crippen molar-refractivity contribution >= 4 is 28.4 Å². The molecule has 1 N–H and O–H groups in total. The zero-order chi connectivity index (χ0) is 25.3. The number of hydrogen-bond donors (Lipinski definition) is 1. The Kier molecular flexibility index (Phi) is 7.15. The number of nitrogens with one attached hydrogen (secondary N) is 1. The van der Waals surface area contributed by atoms with E-state index >= 15 is 0 Å². The molecule has 36 heavy (non-hydrogen) atoms. The van der Waals surface area contributed by atoms with Crippen molar-refractivity contribution in [2.45, 2.75) is 39.3 Å². The van der Waals surface area contributed by atoms with E-state index < -0.39 is 0 Å². The number of amides is 1. The third kappa shape index (κ3) is 5.19. The lowest BCUT2D eigenvalue weighted by atomic mass is 9.90. The summed E-state index contributed by atoms with van der Waals surface area (Å²) in [6.45, 7) is 7.70. The number of fused-ring (bicyclic) bond motifs is 1. The van der Waals surface area contributed by atoms with Crippen LogP contribution in [-0.4, -0.2) is 62.0 Å². The minimum atomic E-state index is -0.0623. The van der Waals surface area contributed by atoms with Gasteiger partial charge in [-0.05, 0) is 61.2 Å². The quantitative estimate of drug-likeness (QED) is 0.417. The fourth-order valence-electron chi connectivity index (χ4n) is 4.86. The van der Waals surface area contributed by atoms with Gasteiger partial charge in [0.25, 0.3) is 5.91 Å². The molecule has 2 aromatic carbocycles. The molecule has 7 nitrogen and oxygen atoms in total. The van der Waals surface area contributed by atoms with Crippen LogP contribution in [0.2, 0.25) is 5.02 Å². The Morgan fingerprint density at radius 3 is 2.75 bits per heavy atom. The highest BCUT2D eigenvalue weighted by Crippen LogP contribution is 2.33. The van der Waals surface area contributed by atoms with E-state index in [0.29, 0.717) is 55.1 Å². The second-order valence-electron chi connectivity index (χ2n) is 10.2. The molecule has 2 aliphatic heterocycles. The molecule has 3 heterocycles. The molecule has 2 saturated heterocycles. The van der Waals surface area contributed by atoms with E-state index in [1.807, 2.05) is 48.2 Å². The molecule has 1 amide bonds. The monoisotopic (exact) mass is 512 g/mol. The summed E-state index contributed by atoms with van der Waals surface area (Å²) in [4.78, 5) is 19.0. The van der Waals surface area contributed by atoms with Gasteiger partial charge in [-0.3, -0.25) is 4.79 Å². The predicted octanol–water partition coefficient (Wildman–Crippen LogP) is 5.38. The maximum atomic E-state index is 13.9. The molecule has 3 aromatic rings. The number of nitrogens with zero attached hydrogens (tertiary/aromatic N) is 1. The van der Waals surface area contributed by atoms with Crippen molar-refractivity contribution in [3.05, 3.63) is 58.2 Å². The van der Waals surface area contributed by atoms with Gasteiger partial charge in [0.1, 0.15) is 5.69 Å². The first-order valence-electron chi connectivity index (χ1n) is 12.4. The zero-order valence-corrected chi connectivity index (χ0v) is 21.8. The second kappa shape index (κ2) is 10.3. The number of halogens is 1. The van der Waals surface area contributed by atoms with Crippen LogP contribution in [0.25, 0.3) is 10.9 Å². The maximum absolute atomic E-state index is 13.9. The van der Waals surface area contributed by atoms with Crippen molar-refractivity contribution in [2.24, 2.45) is 5.41 Å². The molecule has 192 valence electrons. The summed E-state index contributed by atoms with van der Waals surface area (Å²) >= 11 is 6.21. The van der Waals surface area contributed by atoms with Crippen LogP contribution in [0.3, 0.4) is 0 Å². The molecular formula is C28H33ClN2O5. The van der Waals surface area contributed by atoms with Gasteiger partial charge in [-0.15, -0.1) is 0 Å². The van der Waals surface area contributed by atoms with Crippen LogP contribution in [0.15, 0.2) is 36.4 Å². The largest absolute Gasteiger partial charge is 0.493 e. The van der Waals surface area contributed by atoms with Gasteiger partial charge in [-0.2, -0.15) is 0 Å². The zero-order valence-electron chi connectivity index (χ0n) is 21.1. The van der Waals surface area contributed by atoms with E-state index in [2.05, 4.69) is 11.9 Å². The standard InChI is InChI=1S/C28H33ClN2O5/c1-18-22-12-20(29)7-8-23(22)30-26(18)27(32)31(14-21-5-4-10-35-21)13-19-6-9-24(33-3)25(11-19)36-17-28(2)15-34-16-28/h6-9,11-12,21,30H,4-5,10,13-17H2,1-3H3. The highest BCUT2D eigenvalue weighted by Gasteiger charge is 2.34. The van der Waals surface area contributed by atoms with Gasteiger partial charge in [0.2, 0.25) is 0 Å².